The molecule has 7 heteroatoms. The summed E-state index contributed by atoms with van der Waals surface area (Å²) in [6, 6.07) is 13.4. The van der Waals surface area contributed by atoms with Crippen LogP contribution in [0.15, 0.2) is 52.4 Å². The number of rotatable bonds is 5. The van der Waals surface area contributed by atoms with Crippen molar-refractivity contribution in [2.45, 2.75) is 24.9 Å². The van der Waals surface area contributed by atoms with Crippen molar-refractivity contribution >= 4 is 39.9 Å². The van der Waals surface area contributed by atoms with Gasteiger partial charge in [0, 0.05) is 31.5 Å². The quantitative estimate of drug-likeness (QED) is 0.516. The first-order valence-corrected chi connectivity index (χ1v) is 10.8. The van der Waals surface area contributed by atoms with Gasteiger partial charge in [-0.05, 0) is 55.7 Å². The third kappa shape index (κ3) is 4.15. The van der Waals surface area contributed by atoms with Gasteiger partial charge in [-0.2, -0.15) is 0 Å². The summed E-state index contributed by atoms with van der Waals surface area (Å²) >= 11 is 1.26. The maximum Gasteiger partial charge on any atom is 0.261 e. The first-order valence-electron chi connectivity index (χ1n) is 9.77. The van der Waals surface area contributed by atoms with Gasteiger partial charge in [0.1, 0.15) is 0 Å². The smallest absolute Gasteiger partial charge is 0.261 e. The first-order chi connectivity index (χ1) is 14.0. The molecule has 1 amide bonds. The van der Waals surface area contributed by atoms with Gasteiger partial charge in [0.05, 0.1) is 16.7 Å². The number of amides is 1. The fraction of sp³-hybridized carbons (Fsp3) is 0.318. The average molecular weight is 409 g/mol. The minimum absolute atomic E-state index is 0.105. The number of carbonyl (C=O) groups is 1. The van der Waals surface area contributed by atoms with E-state index in [-0.39, 0.29) is 17.2 Å². The number of aromatic nitrogens is 2. The van der Waals surface area contributed by atoms with E-state index in [1.807, 2.05) is 31.2 Å². The van der Waals surface area contributed by atoms with Gasteiger partial charge in [0.25, 0.3) is 5.56 Å². The van der Waals surface area contributed by atoms with E-state index in [4.69, 9.17) is 0 Å². The van der Waals surface area contributed by atoms with Crippen molar-refractivity contribution in [1.29, 1.82) is 0 Å². The van der Waals surface area contributed by atoms with Gasteiger partial charge in [-0.15, -0.1) is 0 Å². The molecule has 29 heavy (non-hydrogen) atoms. The molecule has 2 aromatic carbocycles. The van der Waals surface area contributed by atoms with Crippen LogP contribution < -0.4 is 15.8 Å². The van der Waals surface area contributed by atoms with Crippen LogP contribution in [0.5, 0.6) is 0 Å². The monoisotopic (exact) mass is 408 g/mol. The van der Waals surface area contributed by atoms with Crippen molar-refractivity contribution in [3.63, 3.8) is 0 Å². The maximum atomic E-state index is 12.5. The van der Waals surface area contributed by atoms with Crippen LogP contribution in [0.4, 0.5) is 11.4 Å². The molecule has 150 valence electrons. The van der Waals surface area contributed by atoms with Gasteiger partial charge in [-0.1, -0.05) is 23.9 Å². The van der Waals surface area contributed by atoms with Crippen molar-refractivity contribution in [2.75, 3.05) is 29.1 Å². The zero-order chi connectivity index (χ0) is 20.4. The highest BCUT2D eigenvalue weighted by Gasteiger charge is 2.14. The van der Waals surface area contributed by atoms with Crippen LogP contribution in [-0.2, 0) is 11.8 Å². The van der Waals surface area contributed by atoms with Crippen molar-refractivity contribution in [3.8, 4) is 0 Å². The predicted molar refractivity (Wildman–Crippen MR) is 119 cm³/mol. The molecule has 1 saturated heterocycles. The van der Waals surface area contributed by atoms with Crippen LogP contribution in [0.25, 0.3) is 10.9 Å². The molecule has 1 N–H and O–H groups in total. The van der Waals surface area contributed by atoms with Gasteiger partial charge in [-0.25, -0.2) is 4.98 Å². The Balaban J connectivity index is 1.43. The Labute approximate surface area is 173 Å². The van der Waals surface area contributed by atoms with Crippen LogP contribution in [0, 0.1) is 6.92 Å². The van der Waals surface area contributed by atoms with Gasteiger partial charge in [-0.3, -0.25) is 14.2 Å². The van der Waals surface area contributed by atoms with Crippen LogP contribution in [0.3, 0.4) is 0 Å². The lowest BCUT2D eigenvalue weighted by Gasteiger charge is -2.19. The molecule has 3 aromatic rings. The van der Waals surface area contributed by atoms with E-state index in [0.717, 1.165) is 24.3 Å². The molecule has 0 unspecified atom stereocenters. The zero-order valence-corrected chi connectivity index (χ0v) is 17.5. The maximum absolute atomic E-state index is 12.5. The number of carbonyl (C=O) groups excluding carboxylic acids is 1. The molecule has 1 aliphatic heterocycles. The summed E-state index contributed by atoms with van der Waals surface area (Å²) in [7, 11) is 1.68. The number of fused-ring (bicyclic) bond motifs is 1. The van der Waals surface area contributed by atoms with Crippen molar-refractivity contribution in [2.24, 2.45) is 7.05 Å². The molecule has 0 radical (unpaired) electrons. The molecule has 0 atom stereocenters. The molecule has 0 spiro atoms. The fourth-order valence-corrected chi connectivity index (χ4v) is 4.37. The molecule has 0 bridgehead atoms. The van der Waals surface area contributed by atoms with Crippen LogP contribution in [-0.4, -0.2) is 34.3 Å². The first kappa shape index (κ1) is 19.5. The minimum Gasteiger partial charge on any atom is -0.372 e. The van der Waals surface area contributed by atoms with Crippen molar-refractivity contribution < 1.29 is 4.79 Å². The second-order valence-corrected chi connectivity index (χ2v) is 8.25. The number of thioether (sulfide) groups is 1. The number of hydrogen-bond donors (Lipinski definition) is 1. The Morgan fingerprint density at radius 2 is 1.93 bits per heavy atom. The van der Waals surface area contributed by atoms with Crippen molar-refractivity contribution in [1.82, 2.24) is 9.55 Å². The lowest BCUT2D eigenvalue weighted by atomic mass is 10.1. The van der Waals surface area contributed by atoms with E-state index < -0.39 is 0 Å². The third-order valence-corrected chi connectivity index (χ3v) is 6.26. The van der Waals surface area contributed by atoms with Gasteiger partial charge in [0.2, 0.25) is 5.91 Å². The van der Waals surface area contributed by atoms with E-state index in [2.05, 4.69) is 27.3 Å². The molecule has 1 aromatic heterocycles. The largest absolute Gasteiger partial charge is 0.372 e. The highest BCUT2D eigenvalue weighted by atomic mass is 32.2. The summed E-state index contributed by atoms with van der Waals surface area (Å²) in [5.41, 5.74) is 3.62. The van der Waals surface area contributed by atoms with Crippen LogP contribution in [0.1, 0.15) is 18.4 Å². The molecule has 0 aliphatic carbocycles. The second-order valence-electron chi connectivity index (χ2n) is 7.31. The summed E-state index contributed by atoms with van der Waals surface area (Å²) in [5, 5.41) is 4.09. The SMILES string of the molecule is Cc1cc(N2CCCC2)ccc1NC(=O)CSc1nc2ccccc2c(=O)n1C. The number of para-hydroxylation sites is 1. The Morgan fingerprint density at radius 3 is 2.69 bits per heavy atom. The molecule has 6 nitrogen and oxygen atoms in total. The Kier molecular flexibility index (Phi) is 5.58. The standard InChI is InChI=1S/C22H24N4O2S/c1-15-13-16(26-11-5-6-12-26)9-10-18(15)23-20(27)14-29-22-24-19-8-4-3-7-17(19)21(28)25(22)2/h3-4,7-10,13H,5-6,11-12,14H2,1-2H3,(H,23,27). The number of benzene rings is 2. The third-order valence-electron chi connectivity index (χ3n) is 5.23. The highest BCUT2D eigenvalue weighted by molar-refractivity contribution is 7.99. The van der Waals surface area contributed by atoms with E-state index in [9.17, 15) is 9.59 Å². The summed E-state index contributed by atoms with van der Waals surface area (Å²) < 4.78 is 1.50. The number of aryl methyl sites for hydroxylation is 1. The molecule has 1 aliphatic rings. The number of nitrogens with one attached hydrogen (secondary N) is 1. The van der Waals surface area contributed by atoms with Crippen LogP contribution >= 0.6 is 11.8 Å². The Hall–Kier alpha value is -2.80. The molecular weight excluding hydrogens is 384 g/mol. The number of nitrogens with zero attached hydrogens (tertiary/aromatic N) is 3. The van der Waals surface area contributed by atoms with Crippen LogP contribution in [0.2, 0.25) is 0 Å². The van der Waals surface area contributed by atoms with E-state index in [0.29, 0.717) is 16.1 Å². The summed E-state index contributed by atoms with van der Waals surface area (Å²) in [6.07, 6.45) is 2.47. The van der Waals surface area contributed by atoms with E-state index in [1.54, 1.807) is 13.1 Å². The van der Waals surface area contributed by atoms with Gasteiger partial charge in [0.15, 0.2) is 5.16 Å². The molecule has 4 rings (SSSR count). The lowest BCUT2D eigenvalue weighted by Crippen LogP contribution is -2.21. The average Bonchev–Trinajstić information content (AvgIpc) is 3.26. The summed E-state index contributed by atoms with van der Waals surface area (Å²) in [6.45, 7) is 4.20. The van der Waals surface area contributed by atoms with E-state index >= 15 is 0 Å². The number of anilines is 2. The molecule has 1 fully saturated rings. The summed E-state index contributed by atoms with van der Waals surface area (Å²) in [5.74, 6) is 0.0702. The Bertz CT molecular complexity index is 1120. The zero-order valence-electron chi connectivity index (χ0n) is 16.6. The Morgan fingerprint density at radius 1 is 1.17 bits per heavy atom. The molecular formula is C22H24N4O2S. The fourth-order valence-electron chi connectivity index (χ4n) is 3.60. The summed E-state index contributed by atoms with van der Waals surface area (Å²) in [4.78, 5) is 31.9. The second kappa shape index (κ2) is 8.29. The van der Waals surface area contributed by atoms with Gasteiger partial charge < -0.3 is 10.2 Å². The number of hydrogen-bond acceptors (Lipinski definition) is 5. The topological polar surface area (TPSA) is 67.2 Å². The molecule has 0 saturated carbocycles. The highest BCUT2D eigenvalue weighted by Crippen LogP contribution is 2.26. The van der Waals surface area contributed by atoms with E-state index in [1.165, 1.54) is 34.9 Å². The minimum atomic E-state index is -0.116. The lowest BCUT2D eigenvalue weighted by molar-refractivity contribution is -0.113. The normalized spacial score (nSPS) is 13.8. The van der Waals surface area contributed by atoms with Crippen molar-refractivity contribution in [3.05, 3.63) is 58.4 Å². The van der Waals surface area contributed by atoms with Gasteiger partial charge >= 0.3 is 0 Å². The molecule has 2 heterocycles. The predicted octanol–water partition coefficient (Wildman–Crippen LogP) is 3.57.